The maximum absolute atomic E-state index is 13.5. The number of aromatic nitrogens is 1. The van der Waals surface area contributed by atoms with Gasteiger partial charge in [0.15, 0.2) is 0 Å². The molecule has 5 nitrogen and oxygen atoms in total. The van der Waals surface area contributed by atoms with E-state index in [4.69, 9.17) is 9.98 Å². The summed E-state index contributed by atoms with van der Waals surface area (Å²) in [4.78, 5) is 16.3. The number of amidine groups is 1. The fourth-order valence-corrected chi connectivity index (χ4v) is 3.85. The van der Waals surface area contributed by atoms with Crippen molar-refractivity contribution in [1.82, 2.24) is 9.88 Å². The van der Waals surface area contributed by atoms with Crippen LogP contribution in [0.1, 0.15) is 37.3 Å². The van der Waals surface area contributed by atoms with Crippen molar-refractivity contribution in [3.05, 3.63) is 90.0 Å². The number of pyridine rings is 1. The highest BCUT2D eigenvalue weighted by atomic mass is 19.1. The Balaban J connectivity index is 1.81. The zero-order valence-corrected chi connectivity index (χ0v) is 18.5. The standard InChI is InChI=1S/C26H28FN5/c1-19-7-3-4-9-24(19)25(29-22-12-10-21(27)11-13-22)31-26(30-23-14-16-28-17-15-23)32-18-6-5-8-20(32)2/h3-4,7,9-17,20H,5-6,8,18H2,1-2H3,(H,28,29,30,31). The maximum atomic E-state index is 13.5. The molecule has 0 saturated carbocycles. The molecule has 0 bridgehead atoms. The summed E-state index contributed by atoms with van der Waals surface area (Å²) < 4.78 is 13.5. The second-order valence-corrected chi connectivity index (χ2v) is 8.06. The number of aliphatic imine (C=N–C) groups is 2. The molecule has 1 N–H and O–H groups in total. The third-order valence-electron chi connectivity index (χ3n) is 5.67. The zero-order chi connectivity index (χ0) is 22.3. The summed E-state index contributed by atoms with van der Waals surface area (Å²) in [6.45, 7) is 5.18. The first-order valence-electron chi connectivity index (χ1n) is 11.0. The van der Waals surface area contributed by atoms with Crippen LogP contribution in [0.4, 0.5) is 15.8 Å². The highest BCUT2D eigenvalue weighted by Gasteiger charge is 2.23. The number of nitrogens with zero attached hydrogens (tertiary/aromatic N) is 4. The lowest BCUT2D eigenvalue weighted by Gasteiger charge is -2.34. The molecule has 1 aliphatic rings. The van der Waals surface area contributed by atoms with Gasteiger partial charge in [-0.05, 0) is 75.1 Å². The summed E-state index contributed by atoms with van der Waals surface area (Å²) in [5.41, 5.74) is 3.64. The summed E-state index contributed by atoms with van der Waals surface area (Å²) in [6.07, 6.45) is 6.90. The van der Waals surface area contributed by atoms with Gasteiger partial charge < -0.3 is 10.2 Å². The number of rotatable bonds is 3. The topological polar surface area (TPSA) is 52.9 Å². The van der Waals surface area contributed by atoms with Crippen LogP contribution < -0.4 is 5.32 Å². The molecule has 32 heavy (non-hydrogen) atoms. The number of benzene rings is 2. The van der Waals surface area contributed by atoms with E-state index in [9.17, 15) is 4.39 Å². The lowest BCUT2D eigenvalue weighted by atomic mass is 10.0. The first-order chi connectivity index (χ1) is 15.6. The van der Waals surface area contributed by atoms with Gasteiger partial charge in [0.25, 0.3) is 0 Å². The average Bonchev–Trinajstić information content (AvgIpc) is 2.81. The van der Waals surface area contributed by atoms with Gasteiger partial charge in [-0.2, -0.15) is 4.99 Å². The lowest BCUT2D eigenvalue weighted by molar-refractivity contribution is 0.256. The number of nitrogens with one attached hydrogen (secondary N) is 1. The largest absolute Gasteiger partial charge is 0.340 e. The highest BCUT2D eigenvalue weighted by molar-refractivity contribution is 6.14. The SMILES string of the molecule is Cc1ccccc1/C(=N\C(=N/c1ccncc1)N1CCCCC1C)Nc1ccc(F)cc1. The summed E-state index contributed by atoms with van der Waals surface area (Å²) >= 11 is 0. The van der Waals surface area contributed by atoms with Crippen LogP contribution >= 0.6 is 0 Å². The van der Waals surface area contributed by atoms with E-state index in [1.165, 1.54) is 18.6 Å². The molecule has 1 aromatic heterocycles. The van der Waals surface area contributed by atoms with Crippen molar-refractivity contribution in [2.75, 3.05) is 11.9 Å². The Morgan fingerprint density at radius 1 is 1.03 bits per heavy atom. The van der Waals surface area contributed by atoms with Crippen LogP contribution in [0.5, 0.6) is 0 Å². The minimum Gasteiger partial charge on any atom is -0.340 e. The van der Waals surface area contributed by atoms with Crippen molar-refractivity contribution < 1.29 is 4.39 Å². The van der Waals surface area contributed by atoms with E-state index in [1.54, 1.807) is 24.5 Å². The van der Waals surface area contributed by atoms with Gasteiger partial charge in [-0.3, -0.25) is 4.98 Å². The molecule has 1 aliphatic heterocycles. The minimum atomic E-state index is -0.271. The molecule has 2 aromatic carbocycles. The van der Waals surface area contributed by atoms with E-state index in [2.05, 4.69) is 35.1 Å². The van der Waals surface area contributed by atoms with Gasteiger partial charge in [-0.15, -0.1) is 0 Å². The van der Waals surface area contributed by atoms with Gasteiger partial charge in [0.1, 0.15) is 11.7 Å². The van der Waals surface area contributed by atoms with Gasteiger partial charge in [0, 0.05) is 36.2 Å². The minimum absolute atomic E-state index is 0.271. The van der Waals surface area contributed by atoms with E-state index in [1.807, 2.05) is 30.3 Å². The molecular weight excluding hydrogens is 401 g/mol. The molecule has 1 atom stereocenters. The van der Waals surface area contributed by atoms with Gasteiger partial charge in [-0.1, -0.05) is 24.3 Å². The van der Waals surface area contributed by atoms with Crippen molar-refractivity contribution in [3.63, 3.8) is 0 Å². The second-order valence-electron chi connectivity index (χ2n) is 8.06. The first kappa shape index (κ1) is 21.7. The Morgan fingerprint density at radius 3 is 2.50 bits per heavy atom. The van der Waals surface area contributed by atoms with E-state index < -0.39 is 0 Å². The normalized spacial score (nSPS) is 17.3. The summed E-state index contributed by atoms with van der Waals surface area (Å²) in [7, 11) is 0. The molecule has 0 spiro atoms. The van der Waals surface area contributed by atoms with Crippen molar-refractivity contribution in [2.45, 2.75) is 39.2 Å². The molecule has 0 aliphatic carbocycles. The van der Waals surface area contributed by atoms with Gasteiger partial charge in [0.2, 0.25) is 5.96 Å². The number of anilines is 1. The van der Waals surface area contributed by atoms with Gasteiger partial charge >= 0.3 is 0 Å². The molecule has 2 heterocycles. The fourth-order valence-electron chi connectivity index (χ4n) is 3.85. The van der Waals surface area contributed by atoms with Crippen molar-refractivity contribution >= 4 is 23.2 Å². The molecular formula is C26H28FN5. The van der Waals surface area contributed by atoms with Crippen LogP contribution in [0.2, 0.25) is 0 Å². The molecule has 164 valence electrons. The van der Waals surface area contributed by atoms with Crippen LogP contribution in [0.15, 0.2) is 83.0 Å². The Kier molecular flexibility index (Phi) is 6.90. The average molecular weight is 430 g/mol. The molecule has 0 radical (unpaired) electrons. The Bertz CT molecular complexity index is 1090. The number of aryl methyl sites for hydroxylation is 1. The molecule has 6 heteroatoms. The van der Waals surface area contributed by atoms with Crippen LogP contribution in [0.25, 0.3) is 0 Å². The molecule has 3 aromatic rings. The summed E-state index contributed by atoms with van der Waals surface area (Å²) in [6, 6.07) is 18.5. The van der Waals surface area contributed by atoms with Crippen LogP contribution in [0, 0.1) is 12.7 Å². The second kappa shape index (κ2) is 10.2. The Morgan fingerprint density at radius 2 is 1.78 bits per heavy atom. The van der Waals surface area contributed by atoms with Crippen molar-refractivity contribution in [1.29, 1.82) is 0 Å². The Labute approximate surface area is 188 Å². The van der Waals surface area contributed by atoms with E-state index in [0.717, 1.165) is 41.9 Å². The van der Waals surface area contributed by atoms with E-state index in [-0.39, 0.29) is 5.82 Å². The smallest absolute Gasteiger partial charge is 0.228 e. The third-order valence-corrected chi connectivity index (χ3v) is 5.67. The van der Waals surface area contributed by atoms with Crippen LogP contribution in [-0.4, -0.2) is 34.3 Å². The predicted molar refractivity (Wildman–Crippen MR) is 129 cm³/mol. The van der Waals surface area contributed by atoms with Crippen LogP contribution in [0.3, 0.4) is 0 Å². The van der Waals surface area contributed by atoms with Crippen molar-refractivity contribution in [2.24, 2.45) is 9.98 Å². The van der Waals surface area contributed by atoms with Crippen LogP contribution in [-0.2, 0) is 0 Å². The lowest BCUT2D eigenvalue weighted by Crippen LogP contribution is -2.42. The zero-order valence-electron chi connectivity index (χ0n) is 18.5. The van der Waals surface area contributed by atoms with Gasteiger partial charge in [-0.25, -0.2) is 9.38 Å². The monoisotopic (exact) mass is 429 g/mol. The van der Waals surface area contributed by atoms with E-state index >= 15 is 0 Å². The number of halogens is 1. The number of likely N-dealkylation sites (tertiary alicyclic amines) is 1. The number of hydrogen-bond acceptors (Lipinski definition) is 2. The highest BCUT2D eigenvalue weighted by Crippen LogP contribution is 2.21. The number of piperidine rings is 1. The van der Waals surface area contributed by atoms with Gasteiger partial charge in [0.05, 0.1) is 5.69 Å². The molecule has 1 unspecified atom stereocenters. The molecule has 4 rings (SSSR count). The quantitative estimate of drug-likeness (QED) is 0.413. The Hall–Kier alpha value is -3.54. The summed E-state index contributed by atoms with van der Waals surface area (Å²) in [5, 5.41) is 3.40. The predicted octanol–water partition coefficient (Wildman–Crippen LogP) is 5.95. The molecule has 1 fully saturated rings. The maximum Gasteiger partial charge on any atom is 0.228 e. The van der Waals surface area contributed by atoms with Crippen molar-refractivity contribution in [3.8, 4) is 0 Å². The number of hydrogen-bond donors (Lipinski definition) is 1. The summed E-state index contributed by atoms with van der Waals surface area (Å²) in [5.74, 6) is 1.07. The first-order valence-corrected chi connectivity index (χ1v) is 11.0. The number of guanidine groups is 1. The third kappa shape index (κ3) is 5.38. The molecule has 0 amide bonds. The fraction of sp³-hybridized carbons (Fsp3) is 0.269. The van der Waals surface area contributed by atoms with E-state index in [0.29, 0.717) is 17.8 Å². The molecule has 1 saturated heterocycles.